The third-order valence-electron chi connectivity index (χ3n) is 3.01. The molecule has 0 aromatic carbocycles. The minimum Gasteiger partial charge on any atom is -0.352 e. The van der Waals surface area contributed by atoms with E-state index in [1.807, 2.05) is 6.92 Å². The highest BCUT2D eigenvalue weighted by atomic mass is 35.5. The van der Waals surface area contributed by atoms with E-state index in [9.17, 15) is 4.79 Å². The lowest BCUT2D eigenvalue weighted by Crippen LogP contribution is -2.39. The zero-order valence-electron chi connectivity index (χ0n) is 9.05. The fraction of sp³-hybridized carbons (Fsp3) is 0.909. The summed E-state index contributed by atoms with van der Waals surface area (Å²) in [7, 11) is 0. The molecule has 0 radical (unpaired) electrons. The van der Waals surface area contributed by atoms with Crippen LogP contribution >= 0.6 is 11.6 Å². The first-order chi connectivity index (χ1) is 6.63. The summed E-state index contributed by atoms with van der Waals surface area (Å²) in [6.45, 7) is 4.20. The Bertz CT molecular complexity index is 188. The second-order valence-electron chi connectivity index (χ2n) is 4.52. The smallest absolute Gasteiger partial charge is 0.223 e. The standard InChI is InChI=1S/C11H20ClNO/c1-8-3-5-10(6-4-8)11(14)13-9(2)7-12/h8-10H,3-7H2,1-2H3,(H,13,14). The van der Waals surface area contributed by atoms with E-state index in [0.29, 0.717) is 5.88 Å². The fourth-order valence-electron chi connectivity index (χ4n) is 1.92. The summed E-state index contributed by atoms with van der Waals surface area (Å²) in [6.07, 6.45) is 4.46. The van der Waals surface area contributed by atoms with Gasteiger partial charge in [-0.05, 0) is 38.5 Å². The Hall–Kier alpha value is -0.240. The van der Waals surface area contributed by atoms with E-state index in [4.69, 9.17) is 11.6 Å². The molecule has 1 rings (SSSR count). The van der Waals surface area contributed by atoms with E-state index in [2.05, 4.69) is 12.2 Å². The average molecular weight is 218 g/mol. The molecule has 0 aromatic heterocycles. The van der Waals surface area contributed by atoms with Crippen LogP contribution in [0.4, 0.5) is 0 Å². The SMILES string of the molecule is CC1CCC(C(=O)NC(C)CCl)CC1. The Morgan fingerprint density at radius 3 is 2.50 bits per heavy atom. The Kier molecular flexibility index (Phi) is 4.73. The molecule has 1 unspecified atom stereocenters. The number of hydrogen-bond acceptors (Lipinski definition) is 1. The molecule has 1 atom stereocenters. The van der Waals surface area contributed by atoms with Crippen LogP contribution in [-0.2, 0) is 4.79 Å². The van der Waals surface area contributed by atoms with Crippen LogP contribution in [-0.4, -0.2) is 17.8 Å². The normalized spacial score (nSPS) is 29.6. The highest BCUT2D eigenvalue weighted by Crippen LogP contribution is 2.28. The maximum Gasteiger partial charge on any atom is 0.223 e. The minimum atomic E-state index is 0.100. The molecular formula is C11H20ClNO. The van der Waals surface area contributed by atoms with Crippen LogP contribution in [0.5, 0.6) is 0 Å². The molecule has 0 aliphatic heterocycles. The first-order valence-electron chi connectivity index (χ1n) is 5.49. The Morgan fingerprint density at radius 2 is 2.00 bits per heavy atom. The number of alkyl halides is 1. The van der Waals surface area contributed by atoms with Crippen LogP contribution in [0, 0.1) is 11.8 Å². The second kappa shape index (κ2) is 5.59. The van der Waals surface area contributed by atoms with Gasteiger partial charge in [-0.15, -0.1) is 11.6 Å². The molecule has 1 fully saturated rings. The lowest BCUT2D eigenvalue weighted by Gasteiger charge is -2.26. The van der Waals surface area contributed by atoms with Crippen LogP contribution in [0.2, 0.25) is 0 Å². The van der Waals surface area contributed by atoms with Gasteiger partial charge in [-0.1, -0.05) is 6.92 Å². The van der Waals surface area contributed by atoms with Gasteiger partial charge in [-0.25, -0.2) is 0 Å². The van der Waals surface area contributed by atoms with Crippen molar-refractivity contribution in [1.82, 2.24) is 5.32 Å². The molecule has 0 spiro atoms. The predicted octanol–water partition coefficient (Wildman–Crippen LogP) is 2.56. The molecule has 2 nitrogen and oxygen atoms in total. The van der Waals surface area contributed by atoms with Gasteiger partial charge in [0.25, 0.3) is 0 Å². The van der Waals surface area contributed by atoms with Crippen molar-refractivity contribution in [2.45, 2.75) is 45.6 Å². The lowest BCUT2D eigenvalue weighted by atomic mass is 9.82. The minimum absolute atomic E-state index is 0.100. The zero-order valence-corrected chi connectivity index (χ0v) is 9.81. The molecule has 1 aliphatic rings. The van der Waals surface area contributed by atoms with E-state index in [1.54, 1.807) is 0 Å². The third kappa shape index (κ3) is 3.49. The Morgan fingerprint density at radius 1 is 1.43 bits per heavy atom. The maximum atomic E-state index is 11.7. The van der Waals surface area contributed by atoms with Gasteiger partial charge in [0.15, 0.2) is 0 Å². The zero-order chi connectivity index (χ0) is 10.6. The fourth-order valence-corrected chi connectivity index (χ4v) is 2.00. The Labute approximate surface area is 91.4 Å². The number of hydrogen-bond donors (Lipinski definition) is 1. The van der Waals surface area contributed by atoms with Crippen LogP contribution in [0.25, 0.3) is 0 Å². The molecule has 0 saturated heterocycles. The van der Waals surface area contributed by atoms with Crippen molar-refractivity contribution in [2.24, 2.45) is 11.8 Å². The number of carbonyl (C=O) groups excluding carboxylic acids is 1. The first kappa shape index (κ1) is 11.8. The summed E-state index contributed by atoms with van der Waals surface area (Å²) >= 11 is 5.64. The molecule has 1 aliphatic carbocycles. The lowest BCUT2D eigenvalue weighted by molar-refractivity contribution is -0.126. The van der Waals surface area contributed by atoms with Crippen molar-refractivity contribution in [3.8, 4) is 0 Å². The summed E-state index contributed by atoms with van der Waals surface area (Å²) in [5.41, 5.74) is 0. The van der Waals surface area contributed by atoms with Gasteiger partial charge in [0.2, 0.25) is 5.91 Å². The quantitative estimate of drug-likeness (QED) is 0.724. The summed E-state index contributed by atoms with van der Waals surface area (Å²) in [5, 5.41) is 2.94. The number of carbonyl (C=O) groups is 1. The van der Waals surface area contributed by atoms with Crippen molar-refractivity contribution in [3.05, 3.63) is 0 Å². The predicted molar refractivity (Wildman–Crippen MR) is 59.4 cm³/mol. The average Bonchev–Trinajstić information content (AvgIpc) is 2.18. The number of halogens is 1. The summed E-state index contributed by atoms with van der Waals surface area (Å²) in [6, 6.07) is 0.100. The number of nitrogens with one attached hydrogen (secondary N) is 1. The van der Waals surface area contributed by atoms with Crippen LogP contribution < -0.4 is 5.32 Å². The van der Waals surface area contributed by atoms with E-state index in [0.717, 1.165) is 18.8 Å². The monoisotopic (exact) mass is 217 g/mol. The number of rotatable bonds is 3. The molecule has 1 saturated carbocycles. The molecule has 82 valence electrons. The maximum absolute atomic E-state index is 11.7. The summed E-state index contributed by atoms with van der Waals surface area (Å²) < 4.78 is 0. The molecule has 1 amide bonds. The van der Waals surface area contributed by atoms with Gasteiger partial charge in [0.1, 0.15) is 0 Å². The molecule has 14 heavy (non-hydrogen) atoms. The highest BCUT2D eigenvalue weighted by molar-refractivity contribution is 6.18. The van der Waals surface area contributed by atoms with Gasteiger partial charge >= 0.3 is 0 Å². The van der Waals surface area contributed by atoms with Crippen molar-refractivity contribution < 1.29 is 4.79 Å². The van der Waals surface area contributed by atoms with Gasteiger partial charge < -0.3 is 5.32 Å². The van der Waals surface area contributed by atoms with Gasteiger partial charge in [-0.3, -0.25) is 4.79 Å². The molecule has 1 N–H and O–H groups in total. The Balaban J connectivity index is 2.30. The van der Waals surface area contributed by atoms with Crippen molar-refractivity contribution in [3.63, 3.8) is 0 Å². The van der Waals surface area contributed by atoms with Crippen LogP contribution in [0.15, 0.2) is 0 Å². The molecule has 0 bridgehead atoms. The van der Waals surface area contributed by atoms with Crippen LogP contribution in [0.1, 0.15) is 39.5 Å². The molecule has 0 heterocycles. The first-order valence-corrected chi connectivity index (χ1v) is 6.03. The summed E-state index contributed by atoms with van der Waals surface area (Å²) in [4.78, 5) is 11.7. The van der Waals surface area contributed by atoms with Gasteiger partial charge in [-0.2, -0.15) is 0 Å². The van der Waals surface area contributed by atoms with E-state index in [1.165, 1.54) is 12.8 Å². The molecule has 3 heteroatoms. The van der Waals surface area contributed by atoms with Gasteiger partial charge in [0.05, 0.1) is 0 Å². The van der Waals surface area contributed by atoms with E-state index < -0.39 is 0 Å². The number of amides is 1. The largest absolute Gasteiger partial charge is 0.352 e. The topological polar surface area (TPSA) is 29.1 Å². The molecular weight excluding hydrogens is 198 g/mol. The third-order valence-corrected chi connectivity index (χ3v) is 3.47. The highest BCUT2D eigenvalue weighted by Gasteiger charge is 2.24. The van der Waals surface area contributed by atoms with E-state index >= 15 is 0 Å². The van der Waals surface area contributed by atoms with Crippen LogP contribution in [0.3, 0.4) is 0 Å². The summed E-state index contributed by atoms with van der Waals surface area (Å²) in [5.74, 6) is 1.72. The van der Waals surface area contributed by atoms with Crippen molar-refractivity contribution >= 4 is 17.5 Å². The van der Waals surface area contributed by atoms with Crippen molar-refractivity contribution in [1.29, 1.82) is 0 Å². The van der Waals surface area contributed by atoms with Crippen molar-refractivity contribution in [2.75, 3.05) is 5.88 Å². The molecule has 0 aromatic rings. The van der Waals surface area contributed by atoms with E-state index in [-0.39, 0.29) is 17.9 Å². The van der Waals surface area contributed by atoms with Gasteiger partial charge in [0, 0.05) is 17.8 Å². The second-order valence-corrected chi connectivity index (χ2v) is 4.83.